The van der Waals surface area contributed by atoms with Crippen LogP contribution < -0.4 is 5.32 Å². The van der Waals surface area contributed by atoms with Crippen molar-refractivity contribution in [3.05, 3.63) is 18.2 Å². The molecule has 5 nitrogen and oxygen atoms in total. The Hall–Kier alpha value is -1.36. The molecule has 1 heterocycles. The lowest BCUT2D eigenvalue weighted by Crippen LogP contribution is -2.30. The second-order valence-corrected chi connectivity index (χ2v) is 4.95. The van der Waals surface area contributed by atoms with E-state index in [4.69, 9.17) is 0 Å². The molecule has 1 aromatic heterocycles. The highest BCUT2D eigenvalue weighted by Crippen LogP contribution is 2.01. The molecule has 102 valence electrons. The number of hydrogen-bond acceptors (Lipinski definition) is 3. The summed E-state index contributed by atoms with van der Waals surface area (Å²) in [6.45, 7) is 9.12. The highest BCUT2D eigenvalue weighted by molar-refractivity contribution is 5.75. The zero-order valence-corrected chi connectivity index (χ0v) is 11.8. The van der Waals surface area contributed by atoms with Crippen molar-refractivity contribution in [2.24, 2.45) is 5.92 Å². The van der Waals surface area contributed by atoms with E-state index in [-0.39, 0.29) is 5.91 Å². The second kappa shape index (κ2) is 7.16. The predicted octanol–water partition coefficient (Wildman–Crippen LogP) is 1.11. The van der Waals surface area contributed by atoms with Gasteiger partial charge in [0, 0.05) is 26.3 Å². The molecular weight excluding hydrogens is 228 g/mol. The number of carbonyl (C=O) groups excluding carboxylic acids is 1. The Morgan fingerprint density at radius 2 is 2.28 bits per heavy atom. The number of imidazole rings is 1. The molecule has 1 aromatic rings. The van der Waals surface area contributed by atoms with E-state index >= 15 is 0 Å². The lowest BCUT2D eigenvalue weighted by Gasteiger charge is -2.16. The van der Waals surface area contributed by atoms with E-state index in [0.29, 0.717) is 12.5 Å². The van der Waals surface area contributed by atoms with Gasteiger partial charge in [0.15, 0.2) is 0 Å². The third-order valence-corrected chi connectivity index (χ3v) is 2.86. The zero-order chi connectivity index (χ0) is 13.5. The molecule has 0 aliphatic heterocycles. The van der Waals surface area contributed by atoms with Crippen LogP contribution in [0.5, 0.6) is 0 Å². The Labute approximate surface area is 109 Å². The highest BCUT2D eigenvalue weighted by Gasteiger charge is 2.10. The van der Waals surface area contributed by atoms with Gasteiger partial charge in [0.05, 0.1) is 12.0 Å². The van der Waals surface area contributed by atoms with Crippen molar-refractivity contribution in [1.82, 2.24) is 19.8 Å². The van der Waals surface area contributed by atoms with Crippen molar-refractivity contribution in [3.63, 3.8) is 0 Å². The Balaban J connectivity index is 2.52. The van der Waals surface area contributed by atoms with Crippen molar-refractivity contribution in [1.29, 1.82) is 0 Å². The average Bonchev–Trinajstić information content (AvgIpc) is 2.75. The molecule has 0 atom stereocenters. The number of aromatic nitrogens is 2. The van der Waals surface area contributed by atoms with Gasteiger partial charge in [0.1, 0.15) is 6.54 Å². The van der Waals surface area contributed by atoms with Crippen LogP contribution in [-0.2, 0) is 17.9 Å². The summed E-state index contributed by atoms with van der Waals surface area (Å²) in [5.74, 6) is 0.731. The summed E-state index contributed by atoms with van der Waals surface area (Å²) in [6.07, 6.45) is 3.53. The van der Waals surface area contributed by atoms with Crippen LogP contribution in [0.15, 0.2) is 12.5 Å². The SMILES string of the molecule is CCN(C)C(=O)Cn1cncc1CNCC(C)C. The maximum atomic E-state index is 11.8. The molecule has 0 radical (unpaired) electrons. The summed E-state index contributed by atoms with van der Waals surface area (Å²) in [7, 11) is 1.82. The van der Waals surface area contributed by atoms with Gasteiger partial charge >= 0.3 is 0 Å². The topological polar surface area (TPSA) is 50.2 Å². The molecule has 5 heteroatoms. The zero-order valence-electron chi connectivity index (χ0n) is 11.8. The molecule has 0 aliphatic carbocycles. The van der Waals surface area contributed by atoms with Crippen LogP contribution in [0, 0.1) is 5.92 Å². The smallest absolute Gasteiger partial charge is 0.242 e. The van der Waals surface area contributed by atoms with Crippen molar-refractivity contribution in [2.45, 2.75) is 33.9 Å². The summed E-state index contributed by atoms with van der Waals surface area (Å²) in [6, 6.07) is 0. The van der Waals surface area contributed by atoms with Gasteiger partial charge in [-0.05, 0) is 19.4 Å². The number of rotatable bonds is 7. The van der Waals surface area contributed by atoms with Crippen molar-refractivity contribution < 1.29 is 4.79 Å². The second-order valence-electron chi connectivity index (χ2n) is 4.95. The minimum Gasteiger partial charge on any atom is -0.344 e. The molecule has 0 aliphatic rings. The third-order valence-electron chi connectivity index (χ3n) is 2.86. The highest BCUT2D eigenvalue weighted by atomic mass is 16.2. The minimum absolute atomic E-state index is 0.112. The van der Waals surface area contributed by atoms with Crippen LogP contribution in [0.2, 0.25) is 0 Å². The van der Waals surface area contributed by atoms with E-state index in [1.807, 2.05) is 24.7 Å². The van der Waals surface area contributed by atoms with Gasteiger partial charge in [-0.1, -0.05) is 13.8 Å². The number of nitrogens with one attached hydrogen (secondary N) is 1. The lowest BCUT2D eigenvalue weighted by atomic mass is 10.2. The molecule has 0 spiro atoms. The van der Waals surface area contributed by atoms with Gasteiger partial charge in [-0.2, -0.15) is 0 Å². The van der Waals surface area contributed by atoms with E-state index in [9.17, 15) is 4.79 Å². The normalized spacial score (nSPS) is 10.9. The molecule has 18 heavy (non-hydrogen) atoms. The van der Waals surface area contributed by atoms with E-state index in [1.54, 1.807) is 11.2 Å². The first-order chi connectivity index (χ1) is 8.54. The fourth-order valence-corrected chi connectivity index (χ4v) is 1.57. The molecular formula is C13H24N4O. The standard InChI is InChI=1S/C13H24N4O/c1-5-16(4)13(18)9-17-10-15-8-12(17)7-14-6-11(2)3/h8,10-11,14H,5-7,9H2,1-4H3. The number of amides is 1. The molecule has 0 saturated heterocycles. The van der Waals surface area contributed by atoms with Gasteiger partial charge in [-0.25, -0.2) is 4.98 Å². The Bertz CT molecular complexity index is 373. The van der Waals surface area contributed by atoms with Gasteiger partial charge in [0.2, 0.25) is 5.91 Å². The quantitative estimate of drug-likeness (QED) is 0.791. The van der Waals surface area contributed by atoms with E-state index in [2.05, 4.69) is 24.1 Å². The first-order valence-electron chi connectivity index (χ1n) is 6.48. The van der Waals surface area contributed by atoms with Crippen molar-refractivity contribution in [2.75, 3.05) is 20.1 Å². The maximum Gasteiger partial charge on any atom is 0.242 e. The van der Waals surface area contributed by atoms with Crippen LogP contribution in [0.25, 0.3) is 0 Å². The van der Waals surface area contributed by atoms with Gasteiger partial charge < -0.3 is 14.8 Å². The minimum atomic E-state index is 0.112. The Kier molecular flexibility index (Phi) is 5.85. The van der Waals surface area contributed by atoms with Crippen molar-refractivity contribution in [3.8, 4) is 0 Å². The molecule has 0 fully saturated rings. The molecule has 0 aromatic carbocycles. The number of likely N-dealkylation sites (N-methyl/N-ethyl adjacent to an activating group) is 1. The molecule has 0 saturated carbocycles. The van der Waals surface area contributed by atoms with Gasteiger partial charge in [0.25, 0.3) is 0 Å². The number of nitrogens with zero attached hydrogens (tertiary/aromatic N) is 3. The van der Waals surface area contributed by atoms with Gasteiger partial charge in [-0.15, -0.1) is 0 Å². The van der Waals surface area contributed by atoms with E-state index < -0.39 is 0 Å². The fourth-order valence-electron chi connectivity index (χ4n) is 1.57. The maximum absolute atomic E-state index is 11.8. The summed E-state index contributed by atoms with van der Waals surface area (Å²) in [5.41, 5.74) is 1.05. The van der Waals surface area contributed by atoms with E-state index in [1.165, 1.54) is 0 Å². The molecule has 0 unspecified atom stereocenters. The van der Waals surface area contributed by atoms with Gasteiger partial charge in [-0.3, -0.25) is 4.79 Å². The first-order valence-corrected chi connectivity index (χ1v) is 6.48. The monoisotopic (exact) mass is 252 g/mol. The molecule has 1 amide bonds. The average molecular weight is 252 g/mol. The number of hydrogen-bond donors (Lipinski definition) is 1. The summed E-state index contributed by atoms with van der Waals surface area (Å²) >= 11 is 0. The molecule has 1 rings (SSSR count). The van der Waals surface area contributed by atoms with E-state index in [0.717, 1.165) is 25.3 Å². The van der Waals surface area contributed by atoms with Crippen molar-refractivity contribution >= 4 is 5.91 Å². The Morgan fingerprint density at radius 1 is 1.56 bits per heavy atom. The summed E-state index contributed by atoms with van der Waals surface area (Å²) in [4.78, 5) is 17.7. The molecule has 0 bridgehead atoms. The summed E-state index contributed by atoms with van der Waals surface area (Å²) in [5, 5.41) is 3.36. The molecule has 1 N–H and O–H groups in total. The number of carbonyl (C=O) groups is 1. The summed E-state index contributed by atoms with van der Waals surface area (Å²) < 4.78 is 1.90. The van der Waals surface area contributed by atoms with Crippen LogP contribution in [0.1, 0.15) is 26.5 Å². The first kappa shape index (κ1) is 14.7. The van der Waals surface area contributed by atoms with Crippen LogP contribution >= 0.6 is 0 Å². The van der Waals surface area contributed by atoms with Crippen LogP contribution in [0.3, 0.4) is 0 Å². The third kappa shape index (κ3) is 4.49. The van der Waals surface area contributed by atoms with Crippen LogP contribution in [0.4, 0.5) is 0 Å². The lowest BCUT2D eigenvalue weighted by molar-refractivity contribution is -0.130. The largest absolute Gasteiger partial charge is 0.344 e. The fraction of sp³-hybridized carbons (Fsp3) is 0.692. The predicted molar refractivity (Wildman–Crippen MR) is 72.1 cm³/mol. The Morgan fingerprint density at radius 3 is 2.89 bits per heavy atom. The van der Waals surface area contributed by atoms with Crippen LogP contribution in [-0.4, -0.2) is 40.5 Å².